The van der Waals surface area contributed by atoms with Crippen LogP contribution in [0.25, 0.3) is 0 Å². The molecular formula is C21H22F3N3O4. The van der Waals surface area contributed by atoms with E-state index < -0.39 is 42.7 Å². The van der Waals surface area contributed by atoms with Crippen LogP contribution in [0, 0.1) is 0 Å². The fraction of sp³-hybridized carbons (Fsp3) is 0.286. The first-order valence-corrected chi connectivity index (χ1v) is 9.29. The predicted octanol–water partition coefficient (Wildman–Crippen LogP) is 2.74. The van der Waals surface area contributed by atoms with Crippen LogP contribution in [0.15, 0.2) is 60.7 Å². The van der Waals surface area contributed by atoms with Crippen LogP contribution in [0.1, 0.15) is 17.2 Å². The van der Waals surface area contributed by atoms with E-state index in [4.69, 9.17) is 0 Å². The lowest BCUT2D eigenvalue weighted by Crippen LogP contribution is -2.50. The summed E-state index contributed by atoms with van der Waals surface area (Å²) in [4.78, 5) is 36.6. The molecule has 2 aromatic carbocycles. The second-order valence-corrected chi connectivity index (χ2v) is 6.78. The number of nitrogens with zero attached hydrogens (tertiary/aromatic N) is 1. The van der Waals surface area contributed by atoms with Crippen LogP contribution < -0.4 is 10.6 Å². The van der Waals surface area contributed by atoms with Crippen LogP contribution in [0.2, 0.25) is 0 Å². The van der Waals surface area contributed by atoms with Crippen molar-refractivity contribution in [3.05, 3.63) is 71.8 Å². The first-order chi connectivity index (χ1) is 14.6. The number of alkyl halides is 3. The summed E-state index contributed by atoms with van der Waals surface area (Å²) < 4.78 is 37.7. The molecule has 0 saturated carbocycles. The van der Waals surface area contributed by atoms with Gasteiger partial charge in [0.05, 0.1) is 6.04 Å². The Labute approximate surface area is 176 Å². The number of likely N-dealkylation sites (N-methyl/N-ethyl adjacent to an activating group) is 1. The second-order valence-electron chi connectivity index (χ2n) is 6.78. The van der Waals surface area contributed by atoms with Gasteiger partial charge in [0.25, 0.3) is 0 Å². The number of carbonyl (C=O) groups excluding carboxylic acids is 2. The smallest absolute Gasteiger partial charge is 0.471 e. The van der Waals surface area contributed by atoms with Gasteiger partial charge in [-0.05, 0) is 11.1 Å². The highest BCUT2D eigenvalue weighted by Crippen LogP contribution is 2.20. The van der Waals surface area contributed by atoms with Crippen molar-refractivity contribution in [1.29, 1.82) is 0 Å². The maximum atomic E-state index is 12.7. The number of rotatable bonds is 8. The lowest BCUT2D eigenvalue weighted by Gasteiger charge is -2.30. The highest BCUT2D eigenvalue weighted by molar-refractivity contribution is 5.83. The minimum Gasteiger partial charge on any atom is -0.480 e. The zero-order chi connectivity index (χ0) is 23.0. The molecule has 166 valence electrons. The molecule has 7 nitrogen and oxygen atoms in total. The Morgan fingerprint density at radius 1 is 1.00 bits per heavy atom. The zero-order valence-electron chi connectivity index (χ0n) is 16.6. The van der Waals surface area contributed by atoms with Crippen molar-refractivity contribution in [1.82, 2.24) is 15.5 Å². The molecule has 0 bridgehead atoms. The van der Waals surface area contributed by atoms with Crippen LogP contribution in [0.5, 0.6) is 0 Å². The molecule has 10 heteroatoms. The van der Waals surface area contributed by atoms with Gasteiger partial charge in [-0.1, -0.05) is 60.7 Å². The van der Waals surface area contributed by atoms with E-state index >= 15 is 0 Å². The quantitative estimate of drug-likeness (QED) is 0.592. The number of halogens is 3. The van der Waals surface area contributed by atoms with Crippen molar-refractivity contribution in [3.63, 3.8) is 0 Å². The van der Waals surface area contributed by atoms with Gasteiger partial charge >= 0.3 is 24.1 Å². The Balaban J connectivity index is 2.15. The lowest BCUT2D eigenvalue weighted by molar-refractivity contribution is -0.173. The number of hydrogen-bond acceptors (Lipinski definition) is 3. The number of aliphatic carboxylic acids is 1. The normalized spacial score (nSPS) is 13.0. The molecule has 0 aliphatic carbocycles. The van der Waals surface area contributed by atoms with E-state index in [1.807, 2.05) is 0 Å². The average Bonchev–Trinajstić information content (AvgIpc) is 2.73. The summed E-state index contributed by atoms with van der Waals surface area (Å²) in [5, 5.41) is 13.6. The molecule has 0 saturated heterocycles. The zero-order valence-corrected chi connectivity index (χ0v) is 16.6. The molecule has 0 heterocycles. The summed E-state index contributed by atoms with van der Waals surface area (Å²) in [5.41, 5.74) is 1.16. The van der Waals surface area contributed by atoms with Crippen molar-refractivity contribution in [2.45, 2.75) is 24.7 Å². The van der Waals surface area contributed by atoms with Crippen molar-refractivity contribution in [2.75, 3.05) is 13.6 Å². The molecule has 0 aromatic heterocycles. The van der Waals surface area contributed by atoms with Crippen molar-refractivity contribution in [2.24, 2.45) is 0 Å². The molecule has 2 rings (SSSR count). The van der Waals surface area contributed by atoms with E-state index in [0.29, 0.717) is 11.1 Å². The fourth-order valence-electron chi connectivity index (χ4n) is 2.89. The van der Waals surface area contributed by atoms with Crippen LogP contribution >= 0.6 is 0 Å². The Kier molecular flexibility index (Phi) is 8.00. The lowest BCUT2D eigenvalue weighted by atomic mass is 10.0. The molecule has 3 N–H and O–H groups in total. The van der Waals surface area contributed by atoms with E-state index in [1.54, 1.807) is 66.0 Å². The van der Waals surface area contributed by atoms with Crippen LogP contribution in [0.3, 0.4) is 0 Å². The molecule has 0 aliphatic heterocycles. The minimum absolute atomic E-state index is 0.0244. The minimum atomic E-state index is -5.06. The molecule has 0 radical (unpaired) electrons. The van der Waals surface area contributed by atoms with Gasteiger partial charge in [-0.15, -0.1) is 0 Å². The highest BCUT2D eigenvalue weighted by atomic mass is 19.4. The van der Waals surface area contributed by atoms with Gasteiger partial charge in [-0.2, -0.15) is 13.2 Å². The molecule has 0 aliphatic rings. The Morgan fingerprint density at radius 3 is 2.06 bits per heavy atom. The second kappa shape index (κ2) is 10.5. The molecule has 2 atom stereocenters. The SMILES string of the molecule is CN(C(=O)N[C@H](Cc1ccccc1)C(=O)O)C(CNC(=O)C(F)(F)F)c1ccccc1. The Bertz CT molecular complexity index is 892. The van der Waals surface area contributed by atoms with E-state index in [2.05, 4.69) is 5.32 Å². The molecule has 31 heavy (non-hydrogen) atoms. The fourth-order valence-corrected chi connectivity index (χ4v) is 2.89. The summed E-state index contributed by atoms with van der Waals surface area (Å²) >= 11 is 0. The van der Waals surface area contributed by atoms with Crippen LogP contribution in [-0.4, -0.2) is 53.7 Å². The van der Waals surface area contributed by atoms with Crippen molar-refractivity contribution < 1.29 is 32.7 Å². The standard InChI is InChI=1S/C21H22F3N3O4/c1-27(20(31)26-16(18(28)29)12-14-8-4-2-5-9-14)17(15-10-6-3-7-11-15)13-25-19(30)21(22,23)24/h2-11,16-17H,12-13H2,1H3,(H,25,30)(H,26,31)(H,28,29)/t16-,17?/m1/s1. The number of carboxylic acid groups (broad SMARTS) is 1. The maximum absolute atomic E-state index is 12.7. The number of carboxylic acids is 1. The van der Waals surface area contributed by atoms with Gasteiger partial charge in [0.2, 0.25) is 0 Å². The van der Waals surface area contributed by atoms with E-state index in [0.717, 1.165) is 4.90 Å². The predicted molar refractivity (Wildman–Crippen MR) is 106 cm³/mol. The van der Waals surface area contributed by atoms with Crippen LogP contribution in [0.4, 0.5) is 18.0 Å². The number of carbonyl (C=O) groups is 3. The van der Waals surface area contributed by atoms with Crippen molar-refractivity contribution in [3.8, 4) is 0 Å². The summed E-state index contributed by atoms with van der Waals surface area (Å²) in [6.45, 7) is -0.511. The van der Waals surface area contributed by atoms with Crippen molar-refractivity contribution >= 4 is 17.9 Å². The van der Waals surface area contributed by atoms with E-state index in [1.165, 1.54) is 7.05 Å². The molecule has 0 fully saturated rings. The number of benzene rings is 2. The number of hydrogen-bond donors (Lipinski definition) is 3. The topological polar surface area (TPSA) is 98.7 Å². The molecule has 3 amide bonds. The maximum Gasteiger partial charge on any atom is 0.471 e. The number of urea groups is 1. The number of amides is 3. The number of nitrogens with one attached hydrogen (secondary N) is 2. The summed E-state index contributed by atoms with van der Waals surface area (Å²) in [6.07, 6.45) is -5.04. The first-order valence-electron chi connectivity index (χ1n) is 9.29. The summed E-state index contributed by atoms with van der Waals surface area (Å²) in [5.74, 6) is -3.39. The van der Waals surface area contributed by atoms with Gasteiger partial charge < -0.3 is 20.6 Å². The van der Waals surface area contributed by atoms with E-state index in [-0.39, 0.29) is 6.42 Å². The van der Waals surface area contributed by atoms with Gasteiger partial charge in [-0.25, -0.2) is 9.59 Å². The van der Waals surface area contributed by atoms with E-state index in [9.17, 15) is 32.7 Å². The van der Waals surface area contributed by atoms with Gasteiger partial charge in [0, 0.05) is 20.0 Å². The first kappa shape index (κ1) is 23.7. The van der Waals surface area contributed by atoms with Crippen LogP contribution in [-0.2, 0) is 16.0 Å². The third kappa shape index (κ3) is 7.02. The summed E-state index contributed by atoms with van der Waals surface area (Å²) in [6, 6.07) is 13.8. The average molecular weight is 437 g/mol. The van der Waals surface area contributed by atoms with Gasteiger partial charge in [0.1, 0.15) is 6.04 Å². The van der Waals surface area contributed by atoms with Gasteiger partial charge in [0.15, 0.2) is 0 Å². The third-order valence-corrected chi connectivity index (χ3v) is 4.56. The Morgan fingerprint density at radius 2 is 1.55 bits per heavy atom. The summed E-state index contributed by atoms with van der Waals surface area (Å²) in [7, 11) is 1.31. The van der Waals surface area contributed by atoms with Gasteiger partial charge in [-0.3, -0.25) is 4.79 Å². The molecule has 2 aromatic rings. The largest absolute Gasteiger partial charge is 0.480 e. The molecule has 1 unspecified atom stereocenters. The molecular weight excluding hydrogens is 415 g/mol. The monoisotopic (exact) mass is 437 g/mol. The third-order valence-electron chi connectivity index (χ3n) is 4.56. The highest BCUT2D eigenvalue weighted by Gasteiger charge is 2.39. The Hall–Kier alpha value is -3.56. The molecule has 0 spiro atoms.